The van der Waals surface area contributed by atoms with Crippen molar-refractivity contribution < 1.29 is 23.9 Å². The third-order valence-electron chi connectivity index (χ3n) is 8.45. The van der Waals surface area contributed by atoms with Gasteiger partial charge in [0.1, 0.15) is 12.3 Å². The van der Waals surface area contributed by atoms with Crippen LogP contribution >= 0.6 is 0 Å². The van der Waals surface area contributed by atoms with E-state index in [2.05, 4.69) is 0 Å². The molecule has 1 aromatic rings. The van der Waals surface area contributed by atoms with Gasteiger partial charge in [-0.05, 0) is 50.0 Å². The van der Waals surface area contributed by atoms with Crippen molar-refractivity contribution in [2.75, 3.05) is 52.5 Å². The van der Waals surface area contributed by atoms with E-state index in [1.807, 2.05) is 34.1 Å². The Bertz CT molecular complexity index is 943. The minimum Gasteiger partial charge on any atom is -0.493 e. The quantitative estimate of drug-likeness (QED) is 0.642. The normalized spacial score (nSPS) is 26.0. The highest BCUT2D eigenvalue weighted by atomic mass is 16.5. The van der Waals surface area contributed by atoms with Crippen molar-refractivity contribution in [3.63, 3.8) is 0 Å². The molecule has 3 heterocycles. The first-order valence-electron chi connectivity index (χ1n) is 13.7. The molecule has 2 atom stereocenters. The van der Waals surface area contributed by atoms with Crippen molar-refractivity contribution in [1.82, 2.24) is 14.7 Å². The van der Waals surface area contributed by atoms with Gasteiger partial charge in [0.2, 0.25) is 17.7 Å². The van der Waals surface area contributed by atoms with Crippen molar-refractivity contribution in [1.29, 1.82) is 0 Å². The minimum absolute atomic E-state index is 0.0169. The van der Waals surface area contributed by atoms with Gasteiger partial charge >= 0.3 is 0 Å². The second-order valence-corrected chi connectivity index (χ2v) is 10.8. The number of amides is 3. The molecule has 1 aromatic carbocycles. The molecule has 0 aromatic heterocycles. The van der Waals surface area contributed by atoms with Gasteiger partial charge in [-0.25, -0.2) is 0 Å². The third-order valence-corrected chi connectivity index (χ3v) is 8.45. The molecule has 0 unspecified atom stereocenters. The van der Waals surface area contributed by atoms with Gasteiger partial charge in [0.05, 0.1) is 19.8 Å². The summed E-state index contributed by atoms with van der Waals surface area (Å²) < 4.78 is 11.6. The Morgan fingerprint density at radius 3 is 2.47 bits per heavy atom. The maximum atomic E-state index is 13.5. The molecule has 36 heavy (non-hydrogen) atoms. The third kappa shape index (κ3) is 5.85. The number of nitrogens with zero attached hydrogens (tertiary/aromatic N) is 3. The average molecular weight is 498 g/mol. The number of hydrogen-bond donors (Lipinski definition) is 0. The molecule has 1 saturated carbocycles. The van der Waals surface area contributed by atoms with E-state index >= 15 is 0 Å². The number of ether oxygens (including phenoxy) is 2. The first-order valence-corrected chi connectivity index (χ1v) is 13.7. The van der Waals surface area contributed by atoms with Gasteiger partial charge in [-0.3, -0.25) is 14.4 Å². The van der Waals surface area contributed by atoms with Gasteiger partial charge in [-0.15, -0.1) is 0 Å². The van der Waals surface area contributed by atoms with Gasteiger partial charge in [-0.1, -0.05) is 24.6 Å². The van der Waals surface area contributed by atoms with Crippen molar-refractivity contribution in [3.05, 3.63) is 29.8 Å². The van der Waals surface area contributed by atoms with E-state index in [0.717, 1.165) is 49.8 Å². The van der Waals surface area contributed by atoms with Crippen LogP contribution in [0.1, 0.15) is 50.5 Å². The molecule has 1 aliphatic carbocycles. The van der Waals surface area contributed by atoms with Gasteiger partial charge in [0.15, 0.2) is 0 Å². The maximum Gasteiger partial charge on any atom is 0.242 e. The monoisotopic (exact) mass is 497 g/mol. The molecule has 0 N–H and O–H groups in total. The molecule has 196 valence electrons. The predicted octanol–water partition coefficient (Wildman–Crippen LogP) is 2.70. The highest BCUT2D eigenvalue weighted by Gasteiger charge is 2.36. The van der Waals surface area contributed by atoms with Crippen LogP contribution < -0.4 is 4.74 Å². The van der Waals surface area contributed by atoms with Gasteiger partial charge < -0.3 is 24.2 Å². The summed E-state index contributed by atoms with van der Waals surface area (Å²) in [5.41, 5.74) is 0.948. The zero-order valence-electron chi connectivity index (χ0n) is 21.2. The van der Waals surface area contributed by atoms with E-state index in [1.165, 1.54) is 0 Å². The largest absolute Gasteiger partial charge is 0.493 e. The maximum absolute atomic E-state index is 13.5. The topological polar surface area (TPSA) is 79.4 Å². The first-order chi connectivity index (χ1) is 17.6. The number of carbonyl (C=O) groups excluding carboxylic acids is 3. The van der Waals surface area contributed by atoms with E-state index in [9.17, 15) is 14.4 Å². The molecular weight excluding hydrogens is 458 g/mol. The second-order valence-electron chi connectivity index (χ2n) is 10.8. The van der Waals surface area contributed by atoms with Crippen LogP contribution in [0.3, 0.4) is 0 Å². The van der Waals surface area contributed by atoms with Crippen LogP contribution in [0.25, 0.3) is 0 Å². The first kappa shape index (κ1) is 25.1. The number of benzene rings is 1. The Hall–Kier alpha value is -2.61. The van der Waals surface area contributed by atoms with E-state index in [1.54, 1.807) is 4.90 Å². The molecule has 0 spiro atoms. The molecule has 3 aliphatic heterocycles. The fraction of sp³-hybridized carbons (Fsp3) is 0.679. The smallest absolute Gasteiger partial charge is 0.242 e. The standard InChI is InChI=1S/C28H39N3O5/c32-26(29-12-15-35-16-13-29)17-22-10-11-30-18-23(22)8-4-14-36-25-9-2-1-5-24(25)19-31(20-27(30)33)28(34)21-6-3-7-21/h1-2,5,9,21-23H,3-4,6-8,10-20H2/t22-,23-/m0/s1. The fourth-order valence-electron chi connectivity index (χ4n) is 5.97. The van der Waals surface area contributed by atoms with E-state index < -0.39 is 0 Å². The predicted molar refractivity (Wildman–Crippen MR) is 134 cm³/mol. The average Bonchev–Trinajstić information content (AvgIpc) is 2.87. The Morgan fingerprint density at radius 2 is 1.69 bits per heavy atom. The number of hydrogen-bond acceptors (Lipinski definition) is 5. The fourth-order valence-corrected chi connectivity index (χ4v) is 5.97. The Balaban J connectivity index is 1.32. The summed E-state index contributed by atoms with van der Waals surface area (Å²) in [6, 6.07) is 7.85. The summed E-state index contributed by atoms with van der Waals surface area (Å²) in [5, 5.41) is 0. The van der Waals surface area contributed by atoms with Crippen LogP contribution in [-0.2, 0) is 25.7 Å². The Labute approximate surface area is 213 Å². The Kier molecular flexibility index (Phi) is 8.09. The lowest BCUT2D eigenvalue weighted by molar-refractivity contribution is -0.147. The van der Waals surface area contributed by atoms with Crippen molar-refractivity contribution in [2.24, 2.45) is 17.8 Å². The summed E-state index contributed by atoms with van der Waals surface area (Å²) in [6.07, 6.45) is 6.04. The van der Waals surface area contributed by atoms with Crippen molar-refractivity contribution in [2.45, 2.75) is 51.5 Å². The zero-order chi connectivity index (χ0) is 24.9. The van der Waals surface area contributed by atoms with Crippen LogP contribution in [0.5, 0.6) is 5.75 Å². The number of carbonyl (C=O) groups is 3. The van der Waals surface area contributed by atoms with Gasteiger partial charge in [0, 0.05) is 50.6 Å². The summed E-state index contributed by atoms with van der Waals surface area (Å²) >= 11 is 0. The molecule has 3 fully saturated rings. The van der Waals surface area contributed by atoms with Crippen molar-refractivity contribution >= 4 is 17.7 Å². The zero-order valence-corrected chi connectivity index (χ0v) is 21.2. The number of morpholine rings is 1. The molecule has 2 saturated heterocycles. The SMILES string of the molecule is O=C(C[C@@H]1CCN2C[C@@H]1CCCOc1ccccc1CN(C(=O)C1CCC1)CC2=O)N1CCOCC1. The molecule has 4 aliphatic rings. The number of piperidine rings is 1. The van der Waals surface area contributed by atoms with Crippen LogP contribution in [0.4, 0.5) is 0 Å². The number of fused-ring (bicyclic) bond motifs is 3. The lowest BCUT2D eigenvalue weighted by atomic mass is 9.80. The number of rotatable bonds is 3. The Morgan fingerprint density at radius 1 is 0.889 bits per heavy atom. The second kappa shape index (κ2) is 11.6. The van der Waals surface area contributed by atoms with E-state index in [4.69, 9.17) is 9.47 Å². The van der Waals surface area contributed by atoms with Crippen LogP contribution in [0.2, 0.25) is 0 Å². The molecule has 2 bridgehead atoms. The minimum atomic E-state index is 0.0169. The van der Waals surface area contributed by atoms with Gasteiger partial charge in [-0.2, -0.15) is 0 Å². The van der Waals surface area contributed by atoms with Gasteiger partial charge in [0.25, 0.3) is 0 Å². The molecule has 3 amide bonds. The molecule has 5 rings (SSSR count). The van der Waals surface area contributed by atoms with Crippen molar-refractivity contribution in [3.8, 4) is 5.75 Å². The molecule has 0 radical (unpaired) electrons. The van der Waals surface area contributed by atoms with E-state index in [-0.39, 0.29) is 42.0 Å². The highest BCUT2D eigenvalue weighted by Crippen LogP contribution is 2.33. The van der Waals surface area contributed by atoms with Crippen LogP contribution in [0.15, 0.2) is 24.3 Å². The summed E-state index contributed by atoms with van der Waals surface area (Å²) in [7, 11) is 0. The summed E-state index contributed by atoms with van der Waals surface area (Å²) in [6.45, 7) is 4.93. The van der Waals surface area contributed by atoms with E-state index in [0.29, 0.717) is 59.0 Å². The lowest BCUT2D eigenvalue weighted by Crippen LogP contribution is -2.50. The molecule has 8 nitrogen and oxygen atoms in total. The molecular formula is C28H39N3O5. The van der Waals surface area contributed by atoms with Crippen LogP contribution in [0, 0.1) is 17.8 Å². The lowest BCUT2D eigenvalue weighted by Gasteiger charge is -2.40. The molecule has 8 heteroatoms. The summed E-state index contributed by atoms with van der Waals surface area (Å²) in [5.74, 6) is 1.64. The highest BCUT2D eigenvalue weighted by molar-refractivity contribution is 5.86. The van der Waals surface area contributed by atoms with Crippen LogP contribution in [-0.4, -0.2) is 85.0 Å². The number of para-hydroxylation sites is 1. The summed E-state index contributed by atoms with van der Waals surface area (Å²) in [4.78, 5) is 45.3.